The first-order valence-electron chi connectivity index (χ1n) is 7.67. The molecule has 5 nitrogen and oxygen atoms in total. The van der Waals surface area contributed by atoms with E-state index in [4.69, 9.17) is 27.9 Å². The highest BCUT2D eigenvalue weighted by molar-refractivity contribution is 6.35. The van der Waals surface area contributed by atoms with Crippen molar-refractivity contribution in [3.8, 4) is 5.88 Å². The molecule has 1 heterocycles. The zero-order chi connectivity index (χ0) is 18.4. The summed E-state index contributed by atoms with van der Waals surface area (Å²) in [4.78, 5) is 16.2. The first-order chi connectivity index (χ1) is 11.9. The number of carbonyl (C=O) groups is 1. The number of nitrogens with one attached hydrogen (secondary N) is 2. The van der Waals surface area contributed by atoms with Crippen molar-refractivity contribution < 1.29 is 13.9 Å². The average Bonchev–Trinajstić information content (AvgIpc) is 2.57. The van der Waals surface area contributed by atoms with Crippen molar-refractivity contribution >= 4 is 29.2 Å². The maximum absolute atomic E-state index is 13.6. The number of amides is 2. The third-order valence-electron chi connectivity index (χ3n) is 3.42. The third-order valence-corrected chi connectivity index (χ3v) is 4.04. The van der Waals surface area contributed by atoms with E-state index in [0.29, 0.717) is 18.1 Å². The molecule has 1 unspecified atom stereocenters. The Morgan fingerprint density at radius 1 is 1.36 bits per heavy atom. The van der Waals surface area contributed by atoms with Crippen LogP contribution in [0.25, 0.3) is 0 Å². The summed E-state index contributed by atoms with van der Waals surface area (Å²) in [5.74, 6) is -0.118. The van der Waals surface area contributed by atoms with E-state index in [1.807, 2.05) is 13.0 Å². The Morgan fingerprint density at radius 3 is 2.84 bits per heavy atom. The van der Waals surface area contributed by atoms with Gasteiger partial charge in [0.1, 0.15) is 5.82 Å². The summed E-state index contributed by atoms with van der Waals surface area (Å²) in [7, 11) is 0. The Labute approximate surface area is 155 Å². The van der Waals surface area contributed by atoms with Gasteiger partial charge in [0.25, 0.3) is 0 Å². The monoisotopic (exact) mass is 385 g/mol. The van der Waals surface area contributed by atoms with Crippen molar-refractivity contribution in [2.24, 2.45) is 0 Å². The summed E-state index contributed by atoms with van der Waals surface area (Å²) in [6.45, 7) is 4.28. The SMILES string of the molecule is CCOc1ncccc1CNC(=O)NC(C)c1cc(F)c(Cl)cc1Cl. The van der Waals surface area contributed by atoms with Crippen LogP contribution in [0, 0.1) is 5.82 Å². The van der Waals surface area contributed by atoms with Crippen molar-refractivity contribution in [2.75, 3.05) is 6.61 Å². The van der Waals surface area contributed by atoms with Crippen molar-refractivity contribution in [2.45, 2.75) is 26.4 Å². The van der Waals surface area contributed by atoms with Gasteiger partial charge >= 0.3 is 6.03 Å². The van der Waals surface area contributed by atoms with Gasteiger partial charge in [0, 0.05) is 23.3 Å². The minimum Gasteiger partial charge on any atom is -0.478 e. The number of hydrogen-bond donors (Lipinski definition) is 2. The summed E-state index contributed by atoms with van der Waals surface area (Å²) in [5, 5.41) is 5.63. The Balaban J connectivity index is 1.98. The lowest BCUT2D eigenvalue weighted by molar-refractivity contribution is 0.237. The highest BCUT2D eigenvalue weighted by atomic mass is 35.5. The van der Waals surface area contributed by atoms with Crippen LogP contribution in [0.2, 0.25) is 10.0 Å². The fraction of sp³-hybridized carbons (Fsp3) is 0.294. The van der Waals surface area contributed by atoms with Crippen LogP contribution in [0.4, 0.5) is 9.18 Å². The number of carbonyl (C=O) groups excluding carboxylic acids is 1. The molecule has 1 aromatic heterocycles. The lowest BCUT2D eigenvalue weighted by Crippen LogP contribution is -2.36. The van der Waals surface area contributed by atoms with E-state index in [1.54, 1.807) is 19.2 Å². The minimum absolute atomic E-state index is 0.0644. The zero-order valence-electron chi connectivity index (χ0n) is 13.8. The third kappa shape index (κ3) is 5.21. The molecule has 0 aliphatic carbocycles. The van der Waals surface area contributed by atoms with Gasteiger partial charge in [0.2, 0.25) is 5.88 Å². The number of nitrogens with zero attached hydrogens (tertiary/aromatic N) is 1. The lowest BCUT2D eigenvalue weighted by Gasteiger charge is -2.17. The van der Waals surface area contributed by atoms with E-state index in [9.17, 15) is 9.18 Å². The molecule has 134 valence electrons. The van der Waals surface area contributed by atoms with Gasteiger partial charge in [-0.3, -0.25) is 0 Å². The summed E-state index contributed by atoms with van der Waals surface area (Å²) < 4.78 is 19.0. The molecule has 0 saturated carbocycles. The number of hydrogen-bond acceptors (Lipinski definition) is 3. The van der Waals surface area contributed by atoms with Crippen LogP contribution in [0.3, 0.4) is 0 Å². The van der Waals surface area contributed by atoms with Crippen LogP contribution in [0.15, 0.2) is 30.5 Å². The molecule has 0 bridgehead atoms. The van der Waals surface area contributed by atoms with Crippen molar-refractivity contribution in [3.63, 3.8) is 0 Å². The van der Waals surface area contributed by atoms with Gasteiger partial charge in [-0.1, -0.05) is 29.3 Å². The Kier molecular flexibility index (Phi) is 6.84. The van der Waals surface area contributed by atoms with Gasteiger partial charge in [0.05, 0.1) is 17.7 Å². The van der Waals surface area contributed by atoms with Crippen molar-refractivity contribution in [3.05, 3.63) is 57.5 Å². The highest BCUT2D eigenvalue weighted by Gasteiger charge is 2.16. The van der Waals surface area contributed by atoms with Crippen LogP contribution in [0.5, 0.6) is 5.88 Å². The van der Waals surface area contributed by atoms with Crippen LogP contribution in [-0.4, -0.2) is 17.6 Å². The Morgan fingerprint density at radius 2 is 2.12 bits per heavy atom. The summed E-state index contributed by atoms with van der Waals surface area (Å²) in [5.41, 5.74) is 1.19. The molecular weight excluding hydrogens is 368 g/mol. The van der Waals surface area contributed by atoms with E-state index in [2.05, 4.69) is 15.6 Å². The smallest absolute Gasteiger partial charge is 0.315 e. The number of halogens is 3. The minimum atomic E-state index is -0.591. The van der Waals surface area contributed by atoms with E-state index < -0.39 is 17.9 Å². The first kappa shape index (κ1) is 19.3. The second-order valence-corrected chi connectivity index (χ2v) is 6.05. The number of ether oxygens (including phenoxy) is 1. The molecule has 25 heavy (non-hydrogen) atoms. The summed E-state index contributed by atoms with van der Waals surface area (Å²) >= 11 is 11.7. The van der Waals surface area contributed by atoms with Crippen LogP contribution in [0.1, 0.15) is 31.0 Å². The van der Waals surface area contributed by atoms with E-state index in [-0.39, 0.29) is 16.6 Å². The highest BCUT2D eigenvalue weighted by Crippen LogP contribution is 2.28. The fourth-order valence-corrected chi connectivity index (χ4v) is 2.74. The predicted molar refractivity (Wildman–Crippen MR) is 95.6 cm³/mol. The van der Waals surface area contributed by atoms with Gasteiger partial charge in [-0.15, -0.1) is 0 Å². The number of aromatic nitrogens is 1. The molecule has 2 amide bonds. The predicted octanol–water partition coefficient (Wildman–Crippen LogP) is 4.49. The zero-order valence-corrected chi connectivity index (χ0v) is 15.3. The van der Waals surface area contributed by atoms with Crippen LogP contribution in [-0.2, 0) is 6.54 Å². The molecule has 2 N–H and O–H groups in total. The second-order valence-electron chi connectivity index (χ2n) is 5.24. The van der Waals surface area contributed by atoms with E-state index >= 15 is 0 Å². The molecule has 0 fully saturated rings. The van der Waals surface area contributed by atoms with Gasteiger partial charge < -0.3 is 15.4 Å². The quantitative estimate of drug-likeness (QED) is 0.720. The van der Waals surface area contributed by atoms with Gasteiger partial charge in [-0.05, 0) is 37.6 Å². The van der Waals surface area contributed by atoms with E-state index in [1.165, 1.54) is 12.1 Å². The van der Waals surface area contributed by atoms with Crippen LogP contribution < -0.4 is 15.4 Å². The molecule has 0 saturated heterocycles. The largest absolute Gasteiger partial charge is 0.478 e. The van der Waals surface area contributed by atoms with E-state index in [0.717, 1.165) is 5.56 Å². The van der Waals surface area contributed by atoms with Gasteiger partial charge in [-0.25, -0.2) is 14.2 Å². The maximum Gasteiger partial charge on any atom is 0.315 e. The number of rotatable bonds is 6. The topological polar surface area (TPSA) is 63.2 Å². The Bertz CT molecular complexity index is 759. The first-order valence-corrected chi connectivity index (χ1v) is 8.43. The molecule has 2 rings (SSSR count). The summed E-state index contributed by atoms with van der Waals surface area (Å²) in [6.07, 6.45) is 1.62. The standard InChI is InChI=1S/C17H18Cl2FN3O2/c1-3-25-16-11(5-4-6-21-16)9-22-17(24)23-10(2)12-7-15(20)14(19)8-13(12)18/h4-8,10H,3,9H2,1-2H3,(H2,22,23,24). The lowest BCUT2D eigenvalue weighted by atomic mass is 10.1. The van der Waals surface area contributed by atoms with Gasteiger partial charge in [-0.2, -0.15) is 0 Å². The van der Waals surface area contributed by atoms with Crippen molar-refractivity contribution in [1.29, 1.82) is 0 Å². The number of urea groups is 1. The molecular formula is C17H18Cl2FN3O2. The second kappa shape index (κ2) is 8.87. The Hall–Kier alpha value is -2.05. The molecule has 0 aliphatic rings. The normalized spacial score (nSPS) is 11.7. The molecule has 0 radical (unpaired) electrons. The molecule has 0 spiro atoms. The maximum atomic E-state index is 13.6. The molecule has 0 aliphatic heterocycles. The average molecular weight is 386 g/mol. The summed E-state index contributed by atoms with van der Waals surface area (Å²) in [6, 6.07) is 5.17. The van der Waals surface area contributed by atoms with Crippen molar-refractivity contribution in [1.82, 2.24) is 15.6 Å². The molecule has 1 aromatic carbocycles. The molecule has 1 atom stereocenters. The molecule has 2 aromatic rings. The number of benzene rings is 1. The van der Waals surface area contributed by atoms with Gasteiger partial charge in [0.15, 0.2) is 0 Å². The van der Waals surface area contributed by atoms with Crippen LogP contribution >= 0.6 is 23.2 Å². The molecule has 8 heteroatoms. The fourth-order valence-electron chi connectivity index (χ4n) is 2.20. The number of pyridine rings is 1.